The Morgan fingerprint density at radius 2 is 2.40 bits per heavy atom. The second-order valence-corrected chi connectivity index (χ2v) is 1.92. The van der Waals surface area contributed by atoms with E-state index in [1.165, 1.54) is 12.4 Å². The molecule has 0 saturated heterocycles. The molecule has 0 aromatic carbocycles. The van der Waals surface area contributed by atoms with E-state index < -0.39 is 0 Å². The molecule has 0 aliphatic heterocycles. The number of pyridine rings is 1. The van der Waals surface area contributed by atoms with E-state index in [9.17, 15) is 4.48 Å². The van der Waals surface area contributed by atoms with Crippen LogP contribution in [0.5, 0.6) is 0 Å². The second-order valence-electron chi connectivity index (χ2n) is 1.92. The van der Waals surface area contributed by atoms with Crippen molar-refractivity contribution in [3.8, 4) is 0 Å². The van der Waals surface area contributed by atoms with Gasteiger partial charge in [0.15, 0.2) is 5.65 Å². The molecule has 0 amide bonds. The van der Waals surface area contributed by atoms with Gasteiger partial charge in [0.2, 0.25) is 0 Å². The predicted octanol–water partition coefficient (Wildman–Crippen LogP) is 1.16. The van der Waals surface area contributed by atoms with Crippen molar-refractivity contribution in [3.05, 3.63) is 24.5 Å². The van der Waals surface area contributed by atoms with Gasteiger partial charge in [0.05, 0.1) is 6.20 Å². The predicted molar refractivity (Wildman–Crippen MR) is 34.0 cm³/mol. The van der Waals surface area contributed by atoms with Crippen LogP contribution in [0, 0.1) is 0 Å². The van der Waals surface area contributed by atoms with Crippen LogP contribution in [0.25, 0.3) is 11.0 Å². The van der Waals surface area contributed by atoms with Gasteiger partial charge in [-0.2, -0.15) is 0 Å². The van der Waals surface area contributed by atoms with Crippen LogP contribution in [0.15, 0.2) is 24.5 Å². The number of aromatic nitrogens is 3. The van der Waals surface area contributed by atoms with Crippen LogP contribution in [0.3, 0.4) is 0 Å². The molecule has 0 bridgehead atoms. The molecule has 0 radical (unpaired) electrons. The Bertz CT molecular complexity index is 355. The highest BCUT2D eigenvalue weighted by atomic mass is 19.2. The van der Waals surface area contributed by atoms with Gasteiger partial charge in [-0.3, -0.25) is 0 Å². The van der Waals surface area contributed by atoms with Crippen LogP contribution in [-0.2, 0) is 0 Å². The lowest BCUT2D eigenvalue weighted by Crippen LogP contribution is -1.84. The summed E-state index contributed by atoms with van der Waals surface area (Å²) in [6, 6.07) is 3.50. The molecule has 50 valence electrons. The first-order valence-electron chi connectivity index (χ1n) is 2.83. The molecule has 0 spiro atoms. The largest absolute Gasteiger partial charge is 0.234 e. The Kier molecular flexibility index (Phi) is 0.943. The van der Waals surface area contributed by atoms with E-state index in [1.807, 2.05) is 0 Å². The Morgan fingerprint density at radius 3 is 3.20 bits per heavy atom. The average molecular weight is 137 g/mol. The summed E-state index contributed by atoms with van der Waals surface area (Å²) in [7, 11) is 0. The van der Waals surface area contributed by atoms with Gasteiger partial charge in [0, 0.05) is 11.6 Å². The Labute approximate surface area is 56.0 Å². The van der Waals surface area contributed by atoms with Crippen LogP contribution in [-0.4, -0.2) is 15.0 Å². The zero-order valence-corrected chi connectivity index (χ0v) is 5.03. The maximum atomic E-state index is 12.5. The summed E-state index contributed by atoms with van der Waals surface area (Å²) in [4.78, 5) is 4.03. The number of fused-ring (bicyclic) bond motifs is 1. The molecule has 2 aromatic rings. The van der Waals surface area contributed by atoms with E-state index in [0.717, 1.165) is 0 Å². The minimum atomic E-state index is 0.259. The van der Waals surface area contributed by atoms with Crippen LogP contribution in [0.2, 0.25) is 0 Å². The Morgan fingerprint density at radius 1 is 1.50 bits per heavy atom. The van der Waals surface area contributed by atoms with Crippen LogP contribution in [0.1, 0.15) is 0 Å². The lowest BCUT2D eigenvalue weighted by Gasteiger charge is -1.84. The van der Waals surface area contributed by atoms with Gasteiger partial charge >= 0.3 is 0 Å². The van der Waals surface area contributed by atoms with Crippen molar-refractivity contribution in [2.75, 3.05) is 0 Å². The maximum absolute atomic E-state index is 12.5. The van der Waals surface area contributed by atoms with Crippen molar-refractivity contribution in [2.24, 2.45) is 0 Å². The number of nitrogens with zero attached hydrogens (tertiary/aromatic N) is 3. The fourth-order valence-electron chi connectivity index (χ4n) is 0.832. The normalized spacial score (nSPS) is 10.5. The summed E-state index contributed by atoms with van der Waals surface area (Å²) in [5, 5.41) is 4.10. The highest BCUT2D eigenvalue weighted by Crippen LogP contribution is 2.08. The highest BCUT2D eigenvalue weighted by Gasteiger charge is 1.98. The molecule has 0 aliphatic rings. The van der Waals surface area contributed by atoms with Crippen molar-refractivity contribution in [2.45, 2.75) is 0 Å². The summed E-state index contributed by atoms with van der Waals surface area (Å²) >= 11 is 0. The lowest BCUT2D eigenvalue weighted by atomic mass is 10.4. The van der Waals surface area contributed by atoms with Crippen molar-refractivity contribution in [1.82, 2.24) is 15.0 Å². The van der Waals surface area contributed by atoms with Gasteiger partial charge in [-0.05, 0) is 12.1 Å². The molecule has 2 rings (SSSR count). The summed E-state index contributed by atoms with van der Waals surface area (Å²) in [5.74, 6) is 0. The number of hydrogen-bond acceptors (Lipinski definition) is 2. The monoisotopic (exact) mass is 137 g/mol. The average Bonchev–Trinajstić information content (AvgIpc) is 2.34. The number of halogens is 1. The van der Waals surface area contributed by atoms with Gasteiger partial charge < -0.3 is 0 Å². The van der Waals surface area contributed by atoms with Crippen molar-refractivity contribution in [3.63, 3.8) is 0 Å². The van der Waals surface area contributed by atoms with Crippen molar-refractivity contribution < 1.29 is 4.48 Å². The molecule has 3 nitrogen and oxygen atoms in total. The molecule has 0 N–H and O–H groups in total. The van der Waals surface area contributed by atoms with E-state index in [-0.39, 0.29) is 10.6 Å². The summed E-state index contributed by atoms with van der Waals surface area (Å²) in [5.41, 5.74) is 0.266. The third-order valence-corrected chi connectivity index (χ3v) is 1.29. The highest BCUT2D eigenvalue weighted by molar-refractivity contribution is 5.73. The minimum absolute atomic E-state index is 0.259. The standard InChI is InChI=1S/C6H4FN3/c7-10-6-5(4-9-10)2-1-3-8-6/h1-4H. The van der Waals surface area contributed by atoms with Gasteiger partial charge in [0.1, 0.15) is 0 Å². The van der Waals surface area contributed by atoms with E-state index in [2.05, 4.69) is 10.1 Å². The number of rotatable bonds is 0. The smallest absolute Gasteiger partial charge is 0.193 e. The third kappa shape index (κ3) is 0.586. The number of hydrogen-bond donors (Lipinski definition) is 0. The molecule has 2 heterocycles. The summed E-state index contributed by atoms with van der Waals surface area (Å²) in [6.45, 7) is 0. The maximum Gasteiger partial charge on any atom is 0.193 e. The van der Waals surface area contributed by atoms with Crippen LogP contribution < -0.4 is 0 Å². The first-order chi connectivity index (χ1) is 4.88. The van der Waals surface area contributed by atoms with E-state index >= 15 is 0 Å². The van der Waals surface area contributed by atoms with Gasteiger partial charge in [-0.25, -0.2) is 4.98 Å². The molecule has 0 unspecified atom stereocenters. The summed E-state index contributed by atoms with van der Waals surface area (Å²) in [6.07, 6.45) is 2.96. The van der Waals surface area contributed by atoms with Gasteiger partial charge in [-0.15, -0.1) is 5.10 Å². The van der Waals surface area contributed by atoms with Crippen LogP contribution in [0.4, 0.5) is 4.48 Å². The Hall–Kier alpha value is -1.45. The second kappa shape index (κ2) is 1.76. The molecular weight excluding hydrogens is 133 g/mol. The first kappa shape index (κ1) is 5.34. The molecule has 0 saturated carbocycles. The zero-order chi connectivity index (χ0) is 6.97. The zero-order valence-electron chi connectivity index (χ0n) is 5.03. The third-order valence-electron chi connectivity index (χ3n) is 1.29. The topological polar surface area (TPSA) is 30.7 Å². The molecular formula is C6H4FN3. The molecule has 0 aliphatic carbocycles. The van der Waals surface area contributed by atoms with Crippen LogP contribution >= 0.6 is 0 Å². The first-order valence-corrected chi connectivity index (χ1v) is 2.83. The van der Waals surface area contributed by atoms with E-state index in [1.54, 1.807) is 12.1 Å². The fraction of sp³-hybridized carbons (Fsp3) is 0. The van der Waals surface area contributed by atoms with Gasteiger partial charge in [0.25, 0.3) is 0 Å². The van der Waals surface area contributed by atoms with Crippen molar-refractivity contribution in [1.29, 1.82) is 0 Å². The lowest BCUT2D eigenvalue weighted by molar-refractivity contribution is 0.329. The molecule has 4 heteroatoms. The molecule has 10 heavy (non-hydrogen) atoms. The van der Waals surface area contributed by atoms with Gasteiger partial charge in [-0.1, -0.05) is 9.39 Å². The molecule has 0 atom stereocenters. The van der Waals surface area contributed by atoms with Crippen molar-refractivity contribution >= 4 is 11.0 Å². The fourth-order valence-corrected chi connectivity index (χ4v) is 0.832. The molecule has 2 aromatic heterocycles. The quantitative estimate of drug-likeness (QED) is 0.545. The van der Waals surface area contributed by atoms with E-state index in [4.69, 9.17) is 0 Å². The SMILES string of the molecule is Fn1ncc2cccnc21. The van der Waals surface area contributed by atoms with E-state index in [0.29, 0.717) is 5.39 Å². The Balaban J connectivity index is 2.93. The minimum Gasteiger partial charge on any atom is -0.234 e. The summed E-state index contributed by atoms with van der Waals surface area (Å²) < 4.78 is 12.5. The molecule has 0 fully saturated rings.